The molecule has 1 saturated heterocycles. The molecule has 0 bridgehead atoms. The van der Waals surface area contributed by atoms with Crippen LogP contribution < -0.4 is 0 Å². The van der Waals surface area contributed by atoms with E-state index in [1.54, 1.807) is 0 Å². The molecule has 0 amide bonds. The van der Waals surface area contributed by atoms with Crippen molar-refractivity contribution in [3.05, 3.63) is 18.0 Å². The van der Waals surface area contributed by atoms with Gasteiger partial charge in [-0.25, -0.2) is 0 Å². The highest BCUT2D eigenvalue weighted by atomic mass is 79.9. The van der Waals surface area contributed by atoms with Crippen LogP contribution in [0.1, 0.15) is 51.3 Å². The van der Waals surface area contributed by atoms with E-state index in [1.165, 1.54) is 25.1 Å². The normalized spacial score (nSPS) is 21.0. The van der Waals surface area contributed by atoms with Crippen molar-refractivity contribution in [1.82, 2.24) is 14.7 Å². The van der Waals surface area contributed by atoms with Crippen molar-refractivity contribution >= 4 is 15.9 Å². The largest absolute Gasteiger partial charge is 0.294 e. The lowest BCUT2D eigenvalue weighted by Gasteiger charge is -2.21. The summed E-state index contributed by atoms with van der Waals surface area (Å²) in [6.07, 6.45) is 7.10. The topological polar surface area (TPSA) is 21.1 Å². The molecule has 0 radical (unpaired) electrons. The number of alkyl halides is 1. The Morgan fingerprint density at radius 3 is 2.89 bits per heavy atom. The Balaban J connectivity index is 1.98. The predicted molar refractivity (Wildman–Crippen MR) is 79.1 cm³/mol. The molecule has 0 aliphatic carbocycles. The highest BCUT2D eigenvalue weighted by Gasteiger charge is 2.24. The van der Waals surface area contributed by atoms with Gasteiger partial charge in [-0.15, -0.1) is 0 Å². The highest BCUT2D eigenvalue weighted by Crippen LogP contribution is 2.21. The molecule has 1 aromatic rings. The summed E-state index contributed by atoms with van der Waals surface area (Å²) >= 11 is 3.61. The van der Waals surface area contributed by atoms with Gasteiger partial charge in [-0.3, -0.25) is 9.58 Å². The van der Waals surface area contributed by atoms with Crippen LogP contribution in [-0.4, -0.2) is 32.6 Å². The van der Waals surface area contributed by atoms with Crippen LogP contribution >= 0.6 is 15.9 Å². The first-order valence-corrected chi connectivity index (χ1v) is 8.24. The molecule has 0 aromatic carbocycles. The molecule has 102 valence electrons. The van der Waals surface area contributed by atoms with Gasteiger partial charge >= 0.3 is 0 Å². The maximum atomic E-state index is 4.74. The van der Waals surface area contributed by atoms with Gasteiger partial charge in [0.25, 0.3) is 0 Å². The van der Waals surface area contributed by atoms with E-state index in [0.29, 0.717) is 12.1 Å². The van der Waals surface area contributed by atoms with Crippen molar-refractivity contribution in [2.75, 3.05) is 11.9 Å². The van der Waals surface area contributed by atoms with Gasteiger partial charge in [0.1, 0.15) is 0 Å². The first kappa shape index (κ1) is 14.1. The third-order valence-electron chi connectivity index (χ3n) is 4.02. The molecule has 0 saturated carbocycles. The van der Waals surface area contributed by atoms with Gasteiger partial charge in [0.05, 0.1) is 11.7 Å². The van der Waals surface area contributed by atoms with Crippen LogP contribution in [-0.2, 0) is 6.54 Å². The lowest BCUT2D eigenvalue weighted by molar-refractivity contribution is 0.260. The summed E-state index contributed by atoms with van der Waals surface area (Å²) in [6.45, 7) is 6.69. The van der Waals surface area contributed by atoms with Crippen LogP contribution in [0.15, 0.2) is 12.3 Å². The van der Waals surface area contributed by atoms with Crippen LogP contribution in [0.2, 0.25) is 0 Å². The van der Waals surface area contributed by atoms with Crippen LogP contribution in [0.3, 0.4) is 0 Å². The first-order valence-electron chi connectivity index (χ1n) is 7.12. The van der Waals surface area contributed by atoms with Gasteiger partial charge in [-0.2, -0.15) is 5.10 Å². The van der Waals surface area contributed by atoms with Crippen LogP contribution in [0.4, 0.5) is 0 Å². The summed E-state index contributed by atoms with van der Waals surface area (Å²) in [5.41, 5.74) is 1.22. The summed E-state index contributed by atoms with van der Waals surface area (Å²) in [4.78, 5) is 2.55. The molecule has 1 aliphatic rings. The van der Waals surface area contributed by atoms with E-state index in [1.807, 2.05) is 0 Å². The molecule has 3 nitrogen and oxygen atoms in total. The monoisotopic (exact) mass is 313 g/mol. The van der Waals surface area contributed by atoms with Gasteiger partial charge < -0.3 is 0 Å². The second-order valence-electron chi connectivity index (χ2n) is 5.18. The fourth-order valence-corrected chi connectivity index (χ4v) is 3.55. The number of rotatable bonds is 6. The highest BCUT2D eigenvalue weighted by molar-refractivity contribution is 9.09. The fraction of sp³-hybridized carbons (Fsp3) is 0.786. The van der Waals surface area contributed by atoms with Gasteiger partial charge in [-0.05, 0) is 38.3 Å². The third-order valence-corrected chi connectivity index (χ3v) is 4.77. The number of halogens is 1. The Morgan fingerprint density at radius 2 is 2.22 bits per heavy atom. The summed E-state index contributed by atoms with van der Waals surface area (Å²) < 4.78 is 2.15. The third kappa shape index (κ3) is 3.15. The van der Waals surface area contributed by atoms with Crippen LogP contribution in [0.5, 0.6) is 0 Å². The summed E-state index contributed by atoms with van der Waals surface area (Å²) in [5.74, 6) is 0. The summed E-state index contributed by atoms with van der Waals surface area (Å²) in [5, 5.41) is 5.83. The molecular weight excluding hydrogens is 290 g/mol. The van der Waals surface area contributed by atoms with Gasteiger partial charge in [0.15, 0.2) is 0 Å². The van der Waals surface area contributed by atoms with Crippen molar-refractivity contribution in [1.29, 1.82) is 0 Å². The van der Waals surface area contributed by atoms with E-state index in [2.05, 4.69) is 51.6 Å². The average molecular weight is 314 g/mol. The average Bonchev–Trinajstić information content (AvgIpc) is 3.01. The van der Waals surface area contributed by atoms with E-state index in [0.717, 1.165) is 24.7 Å². The quantitative estimate of drug-likeness (QED) is 0.748. The first-order chi connectivity index (χ1) is 8.78. The Labute approximate surface area is 119 Å². The number of hydrogen-bond acceptors (Lipinski definition) is 2. The maximum Gasteiger partial charge on any atom is 0.0765 e. The minimum atomic E-state index is 0.560. The molecular formula is C14H24BrN3. The van der Waals surface area contributed by atoms with E-state index in [9.17, 15) is 0 Å². The van der Waals surface area contributed by atoms with E-state index >= 15 is 0 Å². The second kappa shape index (κ2) is 6.71. The lowest BCUT2D eigenvalue weighted by atomic mass is 10.2. The Morgan fingerprint density at radius 1 is 1.44 bits per heavy atom. The van der Waals surface area contributed by atoms with Crippen molar-refractivity contribution < 1.29 is 0 Å². The molecule has 4 heteroatoms. The fourth-order valence-electron chi connectivity index (χ4n) is 2.81. The van der Waals surface area contributed by atoms with Crippen molar-refractivity contribution in [2.24, 2.45) is 0 Å². The maximum absolute atomic E-state index is 4.74. The number of hydrogen-bond donors (Lipinski definition) is 0. The minimum absolute atomic E-state index is 0.560. The van der Waals surface area contributed by atoms with Gasteiger partial charge in [-0.1, -0.05) is 29.8 Å². The number of nitrogens with zero attached hydrogens (tertiary/aromatic N) is 3. The Kier molecular flexibility index (Phi) is 5.25. The SMILES string of the molecule is CCC(CC)n1ccc(CN2CCCC2CBr)n1. The molecule has 1 aromatic heterocycles. The zero-order valence-electron chi connectivity index (χ0n) is 11.5. The Hall–Kier alpha value is -0.350. The zero-order chi connectivity index (χ0) is 13.0. The van der Waals surface area contributed by atoms with Gasteiger partial charge in [0, 0.05) is 24.1 Å². The lowest BCUT2D eigenvalue weighted by Crippen LogP contribution is -2.30. The number of aromatic nitrogens is 2. The molecule has 2 rings (SSSR count). The van der Waals surface area contributed by atoms with Crippen LogP contribution in [0.25, 0.3) is 0 Å². The van der Waals surface area contributed by atoms with Crippen LogP contribution in [0, 0.1) is 0 Å². The second-order valence-corrected chi connectivity index (χ2v) is 5.83. The molecule has 1 unspecified atom stereocenters. The smallest absolute Gasteiger partial charge is 0.0765 e. The van der Waals surface area contributed by atoms with Crippen molar-refractivity contribution in [2.45, 2.75) is 58.2 Å². The minimum Gasteiger partial charge on any atom is -0.294 e. The zero-order valence-corrected chi connectivity index (χ0v) is 13.1. The number of likely N-dealkylation sites (tertiary alicyclic amines) is 1. The standard InChI is InChI=1S/C14H24BrN3/c1-3-13(4-2)18-9-7-12(16-18)11-17-8-5-6-14(17)10-15/h7,9,13-14H,3-6,8,10-11H2,1-2H3. The van der Waals surface area contributed by atoms with Crippen molar-refractivity contribution in [3.8, 4) is 0 Å². The summed E-state index contributed by atoms with van der Waals surface area (Å²) in [6, 6.07) is 3.44. The van der Waals surface area contributed by atoms with Gasteiger partial charge in [0.2, 0.25) is 0 Å². The predicted octanol–water partition coefficient (Wildman–Crippen LogP) is 3.60. The molecule has 1 atom stereocenters. The molecule has 1 fully saturated rings. The van der Waals surface area contributed by atoms with Crippen molar-refractivity contribution in [3.63, 3.8) is 0 Å². The molecule has 0 spiro atoms. The Bertz CT molecular complexity index is 360. The van der Waals surface area contributed by atoms with E-state index in [4.69, 9.17) is 5.10 Å². The molecule has 18 heavy (non-hydrogen) atoms. The summed E-state index contributed by atoms with van der Waals surface area (Å²) in [7, 11) is 0. The molecule has 2 heterocycles. The molecule has 1 aliphatic heterocycles. The molecule has 0 N–H and O–H groups in total. The van der Waals surface area contributed by atoms with E-state index < -0.39 is 0 Å². The van der Waals surface area contributed by atoms with E-state index in [-0.39, 0.29) is 0 Å².